The normalized spacial score (nSPS) is 22.9. The zero-order chi connectivity index (χ0) is 17.0. The largest absolute Gasteiger partial charge is 0.478 e. The highest BCUT2D eigenvalue weighted by Gasteiger charge is 2.38. The van der Waals surface area contributed by atoms with E-state index in [2.05, 4.69) is 5.32 Å². The number of carboxylic acids is 1. The molecule has 3 rings (SSSR count). The summed E-state index contributed by atoms with van der Waals surface area (Å²) < 4.78 is 6.07. The van der Waals surface area contributed by atoms with E-state index in [0.717, 1.165) is 37.9 Å². The molecule has 0 aromatic heterocycles. The van der Waals surface area contributed by atoms with Gasteiger partial charge < -0.3 is 15.2 Å². The van der Waals surface area contributed by atoms with Gasteiger partial charge in [0.25, 0.3) is 0 Å². The second-order valence-electron chi connectivity index (χ2n) is 7.03. The fraction of sp³-hybridized carbons (Fsp3) is 0.579. The summed E-state index contributed by atoms with van der Waals surface area (Å²) in [6, 6.07) is 6.67. The van der Waals surface area contributed by atoms with E-state index >= 15 is 0 Å². The van der Waals surface area contributed by atoms with Crippen LogP contribution in [0.3, 0.4) is 0 Å². The van der Waals surface area contributed by atoms with Crippen molar-refractivity contribution in [2.45, 2.75) is 63.0 Å². The lowest BCUT2D eigenvalue weighted by Gasteiger charge is -2.43. The molecule has 2 N–H and O–H groups in total. The minimum atomic E-state index is -0.953. The van der Waals surface area contributed by atoms with Crippen LogP contribution in [-0.2, 0) is 16.0 Å². The molecule has 2 aliphatic rings. The Bertz CT molecular complexity index is 584. The first-order valence-corrected chi connectivity index (χ1v) is 8.82. The molecule has 1 saturated carbocycles. The first kappa shape index (κ1) is 17.0. The van der Waals surface area contributed by atoms with Gasteiger partial charge in [0.05, 0.1) is 17.6 Å². The standard InChI is InChI=1S/C19H25NO4/c21-17(12-14-4-6-15(7-5-14)18(22)23)20-16-8-11-24-19(13-16)9-2-1-3-10-19/h4-7,16H,1-3,8-13H2,(H,20,21)(H,22,23). The number of hydrogen-bond acceptors (Lipinski definition) is 3. The van der Waals surface area contributed by atoms with E-state index in [9.17, 15) is 9.59 Å². The summed E-state index contributed by atoms with van der Waals surface area (Å²) in [6.07, 6.45) is 8.00. The lowest BCUT2D eigenvalue weighted by molar-refractivity contribution is -0.128. The number of carbonyl (C=O) groups is 2. The van der Waals surface area contributed by atoms with Crippen LogP contribution in [0.2, 0.25) is 0 Å². The average Bonchev–Trinajstić information content (AvgIpc) is 2.56. The first-order valence-electron chi connectivity index (χ1n) is 8.82. The molecule has 1 saturated heterocycles. The van der Waals surface area contributed by atoms with Crippen molar-refractivity contribution in [1.82, 2.24) is 5.32 Å². The van der Waals surface area contributed by atoms with Crippen LogP contribution in [0, 0.1) is 0 Å². The number of hydrogen-bond donors (Lipinski definition) is 2. The summed E-state index contributed by atoms with van der Waals surface area (Å²) in [5.41, 5.74) is 1.05. The molecule has 130 valence electrons. The minimum absolute atomic E-state index is 0.00376. The van der Waals surface area contributed by atoms with Gasteiger partial charge in [0, 0.05) is 12.6 Å². The van der Waals surface area contributed by atoms with Crippen LogP contribution in [0.4, 0.5) is 0 Å². The van der Waals surface area contributed by atoms with Crippen LogP contribution < -0.4 is 5.32 Å². The van der Waals surface area contributed by atoms with Crippen LogP contribution >= 0.6 is 0 Å². The summed E-state index contributed by atoms with van der Waals surface area (Å²) in [7, 11) is 0. The van der Waals surface area contributed by atoms with Crippen LogP contribution in [0.15, 0.2) is 24.3 Å². The molecule has 1 aromatic rings. The Morgan fingerprint density at radius 2 is 1.88 bits per heavy atom. The lowest BCUT2D eigenvalue weighted by atomic mass is 9.78. The number of ether oxygens (including phenoxy) is 1. The number of amides is 1. The van der Waals surface area contributed by atoms with Crippen LogP contribution in [0.1, 0.15) is 60.9 Å². The Labute approximate surface area is 142 Å². The number of nitrogens with one attached hydrogen (secondary N) is 1. The highest BCUT2D eigenvalue weighted by atomic mass is 16.5. The van der Waals surface area contributed by atoms with Crippen molar-refractivity contribution in [3.63, 3.8) is 0 Å². The smallest absolute Gasteiger partial charge is 0.335 e. The maximum Gasteiger partial charge on any atom is 0.335 e. The van der Waals surface area contributed by atoms with Crippen molar-refractivity contribution in [3.8, 4) is 0 Å². The van der Waals surface area contributed by atoms with E-state index in [1.54, 1.807) is 12.1 Å². The van der Waals surface area contributed by atoms with E-state index in [-0.39, 0.29) is 29.5 Å². The van der Waals surface area contributed by atoms with Gasteiger partial charge in [-0.15, -0.1) is 0 Å². The summed E-state index contributed by atoms with van der Waals surface area (Å²) in [4.78, 5) is 23.2. The molecule has 2 fully saturated rings. The Hall–Kier alpha value is -1.88. The highest BCUT2D eigenvalue weighted by Crippen LogP contribution is 2.38. The van der Waals surface area contributed by atoms with E-state index < -0.39 is 5.97 Å². The number of aromatic carboxylic acids is 1. The van der Waals surface area contributed by atoms with Gasteiger partial charge in [-0.25, -0.2) is 4.79 Å². The van der Waals surface area contributed by atoms with Gasteiger partial charge in [-0.3, -0.25) is 4.79 Å². The molecule has 1 unspecified atom stereocenters. The number of carbonyl (C=O) groups excluding carboxylic acids is 1. The van der Waals surface area contributed by atoms with Gasteiger partial charge >= 0.3 is 5.97 Å². The SMILES string of the molecule is O=C(Cc1ccc(C(=O)O)cc1)NC1CCOC2(CCCCC2)C1. The third kappa shape index (κ3) is 4.15. The van der Waals surface area contributed by atoms with Crippen molar-refractivity contribution in [2.75, 3.05) is 6.61 Å². The van der Waals surface area contributed by atoms with Crippen LogP contribution in [0.25, 0.3) is 0 Å². The molecule has 1 amide bonds. The molecule has 0 radical (unpaired) electrons. The molecule has 24 heavy (non-hydrogen) atoms. The van der Waals surface area contributed by atoms with Gasteiger partial charge in [0.2, 0.25) is 5.91 Å². The van der Waals surface area contributed by atoms with Gasteiger partial charge in [-0.1, -0.05) is 31.4 Å². The Morgan fingerprint density at radius 1 is 1.17 bits per heavy atom. The maximum absolute atomic E-state index is 12.3. The fourth-order valence-corrected chi connectivity index (χ4v) is 3.92. The maximum atomic E-state index is 12.3. The van der Waals surface area contributed by atoms with Gasteiger partial charge in [-0.2, -0.15) is 0 Å². The number of rotatable bonds is 4. The third-order valence-corrected chi connectivity index (χ3v) is 5.19. The number of benzene rings is 1. The summed E-state index contributed by atoms with van der Waals surface area (Å²) in [5, 5.41) is 12.0. The van der Waals surface area contributed by atoms with Crippen molar-refractivity contribution in [2.24, 2.45) is 0 Å². The second-order valence-corrected chi connectivity index (χ2v) is 7.03. The molecule has 5 nitrogen and oxygen atoms in total. The monoisotopic (exact) mass is 331 g/mol. The summed E-state index contributed by atoms with van der Waals surface area (Å²) in [6.45, 7) is 0.720. The zero-order valence-electron chi connectivity index (χ0n) is 13.9. The summed E-state index contributed by atoms with van der Waals surface area (Å²) in [5.74, 6) is -0.957. The molecule has 1 aliphatic heterocycles. The molecule has 5 heteroatoms. The zero-order valence-corrected chi connectivity index (χ0v) is 13.9. The first-order chi connectivity index (χ1) is 11.6. The second kappa shape index (κ2) is 7.34. The van der Waals surface area contributed by atoms with E-state index in [0.29, 0.717) is 0 Å². The Balaban J connectivity index is 1.53. The Kier molecular flexibility index (Phi) is 5.19. The molecule has 0 bridgehead atoms. The molecular formula is C19H25NO4. The number of carboxylic acid groups (broad SMARTS) is 1. The van der Waals surface area contributed by atoms with Crippen LogP contribution in [-0.4, -0.2) is 35.2 Å². The highest BCUT2D eigenvalue weighted by molar-refractivity contribution is 5.87. The van der Waals surface area contributed by atoms with Gasteiger partial charge in [-0.05, 0) is 43.4 Å². The third-order valence-electron chi connectivity index (χ3n) is 5.19. The van der Waals surface area contributed by atoms with Crippen molar-refractivity contribution in [3.05, 3.63) is 35.4 Å². The predicted molar refractivity (Wildman–Crippen MR) is 90.0 cm³/mol. The molecule has 1 atom stereocenters. The Morgan fingerprint density at radius 3 is 2.54 bits per heavy atom. The molecule has 1 spiro atoms. The van der Waals surface area contributed by atoms with Gasteiger partial charge in [0.15, 0.2) is 0 Å². The fourth-order valence-electron chi connectivity index (χ4n) is 3.92. The minimum Gasteiger partial charge on any atom is -0.478 e. The predicted octanol–water partition coefficient (Wildman–Crippen LogP) is 2.93. The topological polar surface area (TPSA) is 75.6 Å². The van der Waals surface area contributed by atoms with Crippen molar-refractivity contribution in [1.29, 1.82) is 0 Å². The van der Waals surface area contributed by atoms with E-state index in [1.807, 2.05) is 0 Å². The molecular weight excluding hydrogens is 306 g/mol. The van der Waals surface area contributed by atoms with Crippen molar-refractivity contribution < 1.29 is 19.4 Å². The average molecular weight is 331 g/mol. The molecule has 1 heterocycles. The summed E-state index contributed by atoms with van der Waals surface area (Å²) >= 11 is 0. The van der Waals surface area contributed by atoms with Gasteiger partial charge in [0.1, 0.15) is 0 Å². The van der Waals surface area contributed by atoms with E-state index in [4.69, 9.17) is 9.84 Å². The quantitative estimate of drug-likeness (QED) is 0.889. The van der Waals surface area contributed by atoms with Crippen molar-refractivity contribution >= 4 is 11.9 Å². The lowest BCUT2D eigenvalue weighted by Crippen LogP contribution is -2.49. The van der Waals surface area contributed by atoms with Crippen LogP contribution in [0.5, 0.6) is 0 Å². The molecule has 1 aliphatic carbocycles. The molecule has 1 aromatic carbocycles. The van der Waals surface area contributed by atoms with E-state index in [1.165, 1.54) is 31.4 Å².